The molecule has 0 radical (unpaired) electrons. The molecule has 4 heteroatoms. The van der Waals surface area contributed by atoms with E-state index in [0.29, 0.717) is 0 Å². The van der Waals surface area contributed by atoms with Crippen LogP contribution in [0.15, 0.2) is 11.8 Å². The van der Waals surface area contributed by atoms with Gasteiger partial charge >= 0.3 is 12.1 Å². The second-order valence-corrected chi connectivity index (χ2v) is 1.28. The van der Waals surface area contributed by atoms with Gasteiger partial charge in [-0.3, -0.25) is 0 Å². The Bertz CT molecular complexity index is 147. The van der Waals surface area contributed by atoms with E-state index >= 15 is 0 Å². The second-order valence-electron chi connectivity index (χ2n) is 1.28. The number of halogens is 1. The predicted molar refractivity (Wildman–Crippen MR) is 21.4 cm³/mol. The van der Waals surface area contributed by atoms with Crippen LogP contribution in [-0.2, 0) is 9.47 Å². The Morgan fingerprint density at radius 1 is 1.62 bits per heavy atom. The molecule has 0 amide bonds. The maximum atomic E-state index is 11.8. The number of hydrogen-bond acceptors (Lipinski definition) is 3. The highest BCUT2D eigenvalue weighted by Crippen LogP contribution is 2.18. The van der Waals surface area contributed by atoms with Crippen molar-refractivity contribution in [2.24, 2.45) is 0 Å². The molecule has 1 fully saturated rings. The molecular weight excluding hydrogens is 115 g/mol. The molecule has 0 aliphatic carbocycles. The van der Waals surface area contributed by atoms with E-state index in [4.69, 9.17) is 0 Å². The Labute approximate surface area is 44.7 Å². The first-order chi connectivity index (χ1) is 3.70. The molecule has 0 atom stereocenters. The van der Waals surface area contributed by atoms with E-state index in [0.717, 1.165) is 6.92 Å². The number of rotatable bonds is 0. The second kappa shape index (κ2) is 1.47. The number of carbonyl (C=O) groups is 1. The summed E-state index contributed by atoms with van der Waals surface area (Å²) in [6.45, 7) is 1.14. The lowest BCUT2D eigenvalue weighted by Crippen LogP contribution is -2.20. The van der Waals surface area contributed by atoms with E-state index in [2.05, 4.69) is 9.47 Å². The van der Waals surface area contributed by atoms with Crippen molar-refractivity contribution in [2.75, 3.05) is 0 Å². The summed E-state index contributed by atoms with van der Waals surface area (Å²) in [4.78, 5) is 9.77. The molecule has 0 saturated carbocycles. The van der Waals surface area contributed by atoms with Crippen molar-refractivity contribution < 1.29 is 18.7 Å². The molecule has 0 aromatic carbocycles. The van der Waals surface area contributed by atoms with Crippen LogP contribution >= 0.6 is 0 Å². The van der Waals surface area contributed by atoms with Crippen LogP contribution in [-0.4, -0.2) is 6.16 Å². The molecule has 1 aliphatic heterocycles. The van der Waals surface area contributed by atoms with Gasteiger partial charge in [-0.15, -0.1) is 0 Å². The van der Waals surface area contributed by atoms with Gasteiger partial charge in [-0.1, -0.05) is 0 Å². The molecule has 8 heavy (non-hydrogen) atoms. The van der Waals surface area contributed by atoms with Crippen molar-refractivity contribution in [3.63, 3.8) is 0 Å². The normalized spacial score (nSPS) is 16.2. The van der Waals surface area contributed by atoms with Crippen molar-refractivity contribution in [3.05, 3.63) is 11.8 Å². The van der Waals surface area contributed by atoms with Crippen LogP contribution < -0.4 is 0 Å². The van der Waals surface area contributed by atoms with Gasteiger partial charge in [-0.25, -0.2) is 9.18 Å². The lowest BCUT2D eigenvalue weighted by Gasteiger charge is -2.14. The number of allylic oxidation sites excluding steroid dienone is 1. The minimum Gasteiger partial charge on any atom is -0.357 e. The van der Waals surface area contributed by atoms with E-state index in [-0.39, 0.29) is 5.95 Å². The number of carbonyl (C=O) groups excluding carboxylic acids is 1. The van der Waals surface area contributed by atoms with Gasteiger partial charge in [0.1, 0.15) is 0 Å². The summed E-state index contributed by atoms with van der Waals surface area (Å²) >= 11 is 0. The highest BCUT2D eigenvalue weighted by atomic mass is 19.1. The van der Waals surface area contributed by atoms with Gasteiger partial charge in [0.25, 0.3) is 0 Å². The first-order valence-electron chi connectivity index (χ1n) is 1.96. The third-order valence-electron chi connectivity index (χ3n) is 0.633. The molecule has 44 valence electrons. The number of ether oxygens (including phenoxy) is 2. The molecule has 0 aromatic rings. The molecule has 1 rings (SSSR count). The lowest BCUT2D eigenvalue weighted by atomic mass is 10.6. The molecule has 0 spiro atoms. The average Bonchev–Trinajstić information content (AvgIpc) is 1.57. The number of hydrogen-bond donors (Lipinski definition) is 0. The van der Waals surface area contributed by atoms with Crippen molar-refractivity contribution in [1.29, 1.82) is 0 Å². The van der Waals surface area contributed by atoms with E-state index < -0.39 is 12.0 Å². The van der Waals surface area contributed by atoms with Gasteiger partial charge in [0.2, 0.25) is 0 Å². The predicted octanol–water partition coefficient (Wildman–Crippen LogP) is 1.31. The average molecular weight is 118 g/mol. The molecule has 0 unspecified atom stereocenters. The Morgan fingerprint density at radius 2 is 2.12 bits per heavy atom. The van der Waals surface area contributed by atoms with E-state index in [1.165, 1.54) is 0 Å². The van der Waals surface area contributed by atoms with Crippen molar-refractivity contribution in [3.8, 4) is 0 Å². The summed E-state index contributed by atoms with van der Waals surface area (Å²) in [6.07, 6.45) is -0.850. The Kier molecular flexibility index (Phi) is 0.932. The van der Waals surface area contributed by atoms with Gasteiger partial charge in [0.05, 0.1) is 0 Å². The van der Waals surface area contributed by atoms with Crippen molar-refractivity contribution >= 4 is 6.16 Å². The molecule has 0 N–H and O–H groups in total. The third-order valence-corrected chi connectivity index (χ3v) is 0.633. The minimum atomic E-state index is -0.850. The fraction of sp³-hybridized carbons (Fsp3) is 0.250. The molecular formula is C4H3FO3. The van der Waals surface area contributed by atoms with Crippen LogP contribution in [0.4, 0.5) is 9.18 Å². The Balaban J connectivity index is 2.57. The molecule has 0 aromatic heterocycles. The van der Waals surface area contributed by atoms with Gasteiger partial charge in [-0.2, -0.15) is 0 Å². The maximum absolute atomic E-state index is 11.8. The van der Waals surface area contributed by atoms with E-state index in [9.17, 15) is 9.18 Å². The topological polar surface area (TPSA) is 35.5 Å². The van der Waals surface area contributed by atoms with Crippen molar-refractivity contribution in [2.45, 2.75) is 6.92 Å². The van der Waals surface area contributed by atoms with E-state index in [1.54, 1.807) is 0 Å². The smallest absolute Gasteiger partial charge is 0.357 e. The van der Waals surface area contributed by atoms with Crippen molar-refractivity contribution in [1.82, 2.24) is 0 Å². The summed E-state index contributed by atoms with van der Waals surface area (Å²) in [5, 5.41) is 0. The summed E-state index contributed by atoms with van der Waals surface area (Å²) in [7, 11) is 0. The Hall–Kier alpha value is -1.06. The molecule has 0 bridgehead atoms. The van der Waals surface area contributed by atoms with Crippen LogP contribution in [0.25, 0.3) is 0 Å². The number of cyclic esters (lactones) is 2. The minimum absolute atomic E-state index is 0.324. The lowest BCUT2D eigenvalue weighted by molar-refractivity contribution is -0.0327. The van der Waals surface area contributed by atoms with Gasteiger partial charge < -0.3 is 9.47 Å². The molecule has 1 heterocycles. The summed E-state index contributed by atoms with van der Waals surface area (Å²) in [5.74, 6) is -0.945. The summed E-state index contributed by atoms with van der Waals surface area (Å²) < 4.78 is 19.9. The van der Waals surface area contributed by atoms with E-state index in [1.807, 2.05) is 0 Å². The van der Waals surface area contributed by atoms with Gasteiger partial charge in [0.15, 0.2) is 5.83 Å². The molecule has 3 nitrogen and oxygen atoms in total. The maximum Gasteiger partial charge on any atom is 0.524 e. The Morgan fingerprint density at radius 3 is 2.25 bits per heavy atom. The van der Waals surface area contributed by atoms with Crippen LogP contribution in [0.1, 0.15) is 6.92 Å². The van der Waals surface area contributed by atoms with Crippen LogP contribution in [0, 0.1) is 0 Å². The fourth-order valence-corrected chi connectivity index (χ4v) is 0.300. The van der Waals surface area contributed by atoms with Crippen LogP contribution in [0.2, 0.25) is 0 Å². The zero-order valence-electron chi connectivity index (χ0n) is 4.10. The quantitative estimate of drug-likeness (QED) is 0.450. The fourth-order valence-electron chi connectivity index (χ4n) is 0.300. The SMILES string of the molecule is CC(F)=C1OC(=O)O1. The third kappa shape index (κ3) is 0.641. The highest BCUT2D eigenvalue weighted by Gasteiger charge is 2.26. The van der Waals surface area contributed by atoms with Crippen LogP contribution in [0.3, 0.4) is 0 Å². The zero-order valence-corrected chi connectivity index (χ0v) is 4.10. The largest absolute Gasteiger partial charge is 0.524 e. The monoisotopic (exact) mass is 118 g/mol. The zero-order chi connectivity index (χ0) is 6.15. The van der Waals surface area contributed by atoms with Gasteiger partial charge in [0, 0.05) is 0 Å². The highest BCUT2D eigenvalue weighted by molar-refractivity contribution is 5.67. The standard InChI is InChI=1S/C4H3FO3/c1-2(5)3-7-4(6)8-3/h1H3. The molecule has 1 saturated heterocycles. The van der Waals surface area contributed by atoms with Gasteiger partial charge in [-0.05, 0) is 6.92 Å². The summed E-state index contributed by atoms with van der Waals surface area (Å²) in [5.41, 5.74) is 0. The van der Waals surface area contributed by atoms with Crippen LogP contribution in [0.5, 0.6) is 0 Å². The first-order valence-corrected chi connectivity index (χ1v) is 1.96. The first kappa shape index (κ1) is 5.08. The summed E-state index contributed by atoms with van der Waals surface area (Å²) in [6, 6.07) is 0. The molecule has 1 aliphatic rings.